The second-order valence-electron chi connectivity index (χ2n) is 8.50. The molecule has 0 spiro atoms. The number of aromatic nitrogens is 6. The first-order valence-electron chi connectivity index (χ1n) is 11.5. The molecule has 4 atom stereocenters. The number of aryl methyl sites for hydroxylation is 1. The summed E-state index contributed by atoms with van der Waals surface area (Å²) in [5.41, 5.74) is 3.00. The van der Waals surface area contributed by atoms with Crippen LogP contribution in [0.15, 0.2) is 43.0 Å². The molecule has 1 aliphatic heterocycles. The van der Waals surface area contributed by atoms with E-state index < -0.39 is 30.4 Å². The molecular weight excluding hydrogens is 480 g/mol. The van der Waals surface area contributed by atoms with Crippen molar-refractivity contribution in [3.8, 4) is 17.1 Å². The largest absolute Gasteiger partial charge is 0.495 e. The van der Waals surface area contributed by atoms with Crippen LogP contribution in [0.1, 0.15) is 17.6 Å². The number of aliphatic hydroxyl groups is 2. The van der Waals surface area contributed by atoms with E-state index in [1.54, 1.807) is 18.5 Å². The second-order valence-corrected chi connectivity index (χ2v) is 8.50. The van der Waals surface area contributed by atoms with Crippen LogP contribution in [0.5, 0.6) is 5.75 Å². The van der Waals surface area contributed by atoms with Gasteiger partial charge in [0.2, 0.25) is 0 Å². The molecule has 0 bridgehead atoms. The summed E-state index contributed by atoms with van der Waals surface area (Å²) in [5.74, 6) is 0.709. The van der Waals surface area contributed by atoms with Gasteiger partial charge in [0.15, 0.2) is 35.1 Å². The van der Waals surface area contributed by atoms with Crippen molar-refractivity contribution in [2.24, 2.45) is 0 Å². The number of hydrogen-bond acceptors (Lipinski definition) is 11. The minimum atomic E-state index is -1.43. The summed E-state index contributed by atoms with van der Waals surface area (Å²) in [4.78, 5) is 34.7. The molecule has 1 fully saturated rings. The lowest BCUT2D eigenvalue weighted by molar-refractivity contribution is -0.137. The van der Waals surface area contributed by atoms with Crippen LogP contribution < -0.4 is 15.4 Å². The van der Waals surface area contributed by atoms with Gasteiger partial charge in [-0.15, -0.1) is 0 Å². The van der Waals surface area contributed by atoms with E-state index in [4.69, 9.17) is 9.47 Å². The van der Waals surface area contributed by atoms with Crippen LogP contribution in [0, 0.1) is 6.92 Å². The molecule has 1 aliphatic rings. The number of anilines is 1. The number of ether oxygens (including phenoxy) is 2. The van der Waals surface area contributed by atoms with Crippen molar-refractivity contribution in [1.82, 2.24) is 34.8 Å². The van der Waals surface area contributed by atoms with Crippen molar-refractivity contribution in [2.45, 2.75) is 38.0 Å². The number of carbonyl (C=O) groups excluding carboxylic acids is 1. The molecular formula is C24H26N8O5. The predicted molar refractivity (Wildman–Crippen MR) is 131 cm³/mol. The summed E-state index contributed by atoms with van der Waals surface area (Å²) in [5, 5.41) is 26.8. The third-order valence-corrected chi connectivity index (χ3v) is 6.03. The van der Waals surface area contributed by atoms with Crippen molar-refractivity contribution in [3.63, 3.8) is 0 Å². The van der Waals surface area contributed by atoms with Crippen LogP contribution in [-0.4, -0.2) is 78.1 Å². The molecule has 1 amide bonds. The number of amides is 1. The lowest BCUT2D eigenvalue weighted by Gasteiger charge is -2.17. The minimum absolute atomic E-state index is 0.316. The lowest BCUT2D eigenvalue weighted by atomic mass is 10.1. The Bertz CT molecular complexity index is 1440. The Morgan fingerprint density at radius 3 is 2.78 bits per heavy atom. The van der Waals surface area contributed by atoms with E-state index in [0.29, 0.717) is 40.7 Å². The van der Waals surface area contributed by atoms with E-state index in [9.17, 15) is 15.0 Å². The minimum Gasteiger partial charge on any atom is -0.495 e. The molecule has 1 saturated heterocycles. The molecule has 0 aromatic carbocycles. The highest BCUT2D eigenvalue weighted by atomic mass is 16.6. The van der Waals surface area contributed by atoms with Crippen LogP contribution >= 0.6 is 0 Å². The van der Waals surface area contributed by atoms with Crippen LogP contribution in [0.2, 0.25) is 0 Å². The number of rotatable bonds is 7. The number of fused-ring (bicyclic) bond motifs is 1. The van der Waals surface area contributed by atoms with Crippen molar-refractivity contribution in [3.05, 3.63) is 54.4 Å². The number of pyridine rings is 2. The number of nitrogens with zero attached hydrogens (tertiary/aromatic N) is 6. The van der Waals surface area contributed by atoms with Gasteiger partial charge in [-0.2, -0.15) is 0 Å². The number of imidazole rings is 1. The molecule has 0 saturated carbocycles. The highest BCUT2D eigenvalue weighted by Crippen LogP contribution is 2.34. The average molecular weight is 507 g/mol. The van der Waals surface area contributed by atoms with Gasteiger partial charge in [-0.1, -0.05) is 6.07 Å². The maximum Gasteiger partial charge on any atom is 0.251 e. The van der Waals surface area contributed by atoms with E-state index in [1.807, 2.05) is 25.1 Å². The topological polar surface area (TPSA) is 169 Å². The van der Waals surface area contributed by atoms with E-state index in [0.717, 1.165) is 11.4 Å². The number of aliphatic hydroxyl groups excluding tert-OH is 2. The molecule has 5 rings (SSSR count). The summed E-state index contributed by atoms with van der Waals surface area (Å²) in [6.45, 7) is 2.28. The summed E-state index contributed by atoms with van der Waals surface area (Å²) < 4.78 is 12.5. The van der Waals surface area contributed by atoms with Crippen molar-refractivity contribution >= 4 is 22.9 Å². The van der Waals surface area contributed by atoms with Crippen LogP contribution in [0.4, 0.5) is 5.82 Å². The number of hydrogen-bond donors (Lipinski definition) is 4. The van der Waals surface area contributed by atoms with E-state index in [2.05, 4.69) is 35.6 Å². The quantitative estimate of drug-likeness (QED) is 0.276. The molecule has 4 N–H and O–H groups in total. The normalized spacial score (nSPS) is 21.2. The van der Waals surface area contributed by atoms with Gasteiger partial charge >= 0.3 is 0 Å². The predicted octanol–water partition coefficient (Wildman–Crippen LogP) is 0.578. The van der Waals surface area contributed by atoms with Crippen LogP contribution in [0.25, 0.3) is 22.6 Å². The SMILES string of the molecule is CNC(=O)C1OC(n2cnc3c(NCc4cccc(C)n4)nc(-c4cncc(OC)c4)nc32)C(O)C1O. The van der Waals surface area contributed by atoms with E-state index in [1.165, 1.54) is 25.1 Å². The van der Waals surface area contributed by atoms with Crippen molar-refractivity contribution in [1.29, 1.82) is 0 Å². The van der Waals surface area contributed by atoms with Crippen molar-refractivity contribution < 1.29 is 24.5 Å². The van der Waals surface area contributed by atoms with Crippen LogP contribution in [-0.2, 0) is 16.1 Å². The fourth-order valence-electron chi connectivity index (χ4n) is 4.13. The van der Waals surface area contributed by atoms with Gasteiger partial charge in [0, 0.05) is 24.5 Å². The Morgan fingerprint density at radius 2 is 2.03 bits per heavy atom. The molecule has 4 aromatic rings. The zero-order valence-corrected chi connectivity index (χ0v) is 20.4. The third-order valence-electron chi connectivity index (χ3n) is 6.03. The summed E-state index contributed by atoms with van der Waals surface area (Å²) in [7, 11) is 2.96. The maximum absolute atomic E-state index is 12.2. The maximum atomic E-state index is 12.2. The molecule has 192 valence electrons. The van der Waals surface area contributed by atoms with Gasteiger partial charge in [-0.3, -0.25) is 19.3 Å². The highest BCUT2D eigenvalue weighted by Gasteiger charge is 2.47. The fraction of sp³-hybridized carbons (Fsp3) is 0.333. The summed E-state index contributed by atoms with van der Waals surface area (Å²) in [6, 6.07) is 7.47. The van der Waals surface area contributed by atoms with Crippen molar-refractivity contribution in [2.75, 3.05) is 19.5 Å². The zero-order chi connectivity index (χ0) is 26.1. The van der Waals surface area contributed by atoms with Gasteiger partial charge in [0.25, 0.3) is 5.91 Å². The Balaban J connectivity index is 1.59. The Hall–Kier alpha value is -4.20. The van der Waals surface area contributed by atoms with Gasteiger partial charge in [0.05, 0.1) is 31.9 Å². The van der Waals surface area contributed by atoms with Crippen LogP contribution in [0.3, 0.4) is 0 Å². The first-order valence-corrected chi connectivity index (χ1v) is 11.5. The molecule has 5 heterocycles. The molecule has 13 heteroatoms. The van der Waals surface area contributed by atoms with Gasteiger partial charge in [-0.05, 0) is 25.1 Å². The number of carbonyl (C=O) groups is 1. The Morgan fingerprint density at radius 1 is 1.19 bits per heavy atom. The Kier molecular flexibility index (Phi) is 6.65. The first-order chi connectivity index (χ1) is 17.9. The monoisotopic (exact) mass is 506 g/mol. The Labute approximate surface area is 211 Å². The summed E-state index contributed by atoms with van der Waals surface area (Å²) in [6.07, 6.45) is -0.604. The molecule has 0 radical (unpaired) electrons. The molecule has 4 unspecified atom stereocenters. The first kappa shape index (κ1) is 24.5. The zero-order valence-electron chi connectivity index (χ0n) is 20.4. The fourth-order valence-corrected chi connectivity index (χ4v) is 4.13. The molecule has 0 aliphatic carbocycles. The lowest BCUT2D eigenvalue weighted by Crippen LogP contribution is -2.41. The average Bonchev–Trinajstić information content (AvgIpc) is 3.47. The van der Waals surface area contributed by atoms with E-state index >= 15 is 0 Å². The molecule has 37 heavy (non-hydrogen) atoms. The van der Waals surface area contributed by atoms with Gasteiger partial charge in [0.1, 0.15) is 18.0 Å². The standard InChI is InChI=1S/C24H26N8O5/c1-12-5-4-6-14(29-12)9-27-21-16-22(31-20(30-21)13-7-15(36-3)10-26-8-13)32(11-28-16)24-18(34)17(33)19(37-24)23(35)25-2/h4-8,10-11,17-19,24,33-34H,9H2,1-3H3,(H,25,35)(H,27,30,31). The number of likely N-dealkylation sites (N-methyl/N-ethyl adjacent to an activating group) is 1. The van der Waals surface area contributed by atoms with Gasteiger partial charge < -0.3 is 30.3 Å². The highest BCUT2D eigenvalue weighted by molar-refractivity contribution is 5.85. The summed E-state index contributed by atoms with van der Waals surface area (Å²) >= 11 is 0. The third kappa shape index (κ3) is 4.67. The second kappa shape index (κ2) is 10.0. The van der Waals surface area contributed by atoms with E-state index in [-0.39, 0.29) is 0 Å². The molecule has 4 aromatic heterocycles. The number of nitrogens with one attached hydrogen (secondary N) is 2. The molecule has 13 nitrogen and oxygen atoms in total. The van der Waals surface area contributed by atoms with Gasteiger partial charge in [-0.25, -0.2) is 15.0 Å². The number of methoxy groups -OCH3 is 1. The smallest absolute Gasteiger partial charge is 0.251 e.